The third-order valence-corrected chi connectivity index (χ3v) is 4.94. The summed E-state index contributed by atoms with van der Waals surface area (Å²) < 4.78 is 6.74. The molecule has 25 heavy (non-hydrogen) atoms. The van der Waals surface area contributed by atoms with E-state index in [1.165, 1.54) is 38.5 Å². The van der Waals surface area contributed by atoms with E-state index in [0.717, 1.165) is 29.3 Å². The second kappa shape index (κ2) is 7.81. The predicted octanol–water partition coefficient (Wildman–Crippen LogP) is 4.45. The summed E-state index contributed by atoms with van der Waals surface area (Å²) >= 11 is 0. The molecule has 2 aromatic heterocycles. The summed E-state index contributed by atoms with van der Waals surface area (Å²) in [6.07, 6.45) is 8.93. The Hall–Kier alpha value is -2.17. The van der Waals surface area contributed by atoms with E-state index < -0.39 is 5.97 Å². The zero-order valence-electron chi connectivity index (χ0n) is 15.3. The van der Waals surface area contributed by atoms with Crippen molar-refractivity contribution in [3.63, 3.8) is 0 Å². The first-order valence-corrected chi connectivity index (χ1v) is 9.31. The smallest absolute Gasteiger partial charge is 0.358 e. The molecule has 3 rings (SSSR count). The second-order valence-electron chi connectivity index (χ2n) is 6.98. The number of esters is 1. The molecule has 0 atom stereocenters. The van der Waals surface area contributed by atoms with Crippen molar-refractivity contribution in [1.82, 2.24) is 14.6 Å². The highest BCUT2D eigenvalue weighted by atomic mass is 16.5. The van der Waals surface area contributed by atoms with Gasteiger partial charge in [-0.2, -0.15) is 5.10 Å². The van der Waals surface area contributed by atoms with Crippen LogP contribution in [0, 0.1) is 5.92 Å². The van der Waals surface area contributed by atoms with E-state index >= 15 is 0 Å². The number of fused-ring (bicyclic) bond motifs is 1. The Morgan fingerprint density at radius 1 is 1.32 bits per heavy atom. The van der Waals surface area contributed by atoms with Crippen LogP contribution in [0.5, 0.6) is 0 Å². The number of allylic oxidation sites excluding steroid dienone is 1. The molecule has 2 aromatic rings. The lowest BCUT2D eigenvalue weighted by molar-refractivity contribution is 0.0519. The fourth-order valence-corrected chi connectivity index (χ4v) is 3.59. The molecule has 1 aliphatic carbocycles. The van der Waals surface area contributed by atoms with E-state index in [-0.39, 0.29) is 0 Å². The van der Waals surface area contributed by atoms with Gasteiger partial charge in [0, 0.05) is 11.8 Å². The molecule has 0 spiro atoms. The molecule has 5 heteroatoms. The number of rotatable bonds is 6. The minimum absolute atomic E-state index is 0.293. The van der Waals surface area contributed by atoms with E-state index in [9.17, 15) is 4.79 Å². The van der Waals surface area contributed by atoms with Crippen molar-refractivity contribution >= 4 is 17.2 Å². The quantitative estimate of drug-likeness (QED) is 0.728. The number of hydrogen-bond acceptors (Lipinski definition) is 4. The van der Waals surface area contributed by atoms with Crippen LogP contribution in [-0.2, 0) is 11.2 Å². The van der Waals surface area contributed by atoms with Gasteiger partial charge in [0.05, 0.1) is 12.3 Å². The van der Waals surface area contributed by atoms with Gasteiger partial charge in [0.2, 0.25) is 0 Å². The molecule has 0 amide bonds. The zero-order chi connectivity index (χ0) is 17.8. The summed E-state index contributed by atoms with van der Waals surface area (Å²) in [5.74, 6) is 0.407. The van der Waals surface area contributed by atoms with Crippen LogP contribution in [0.1, 0.15) is 74.2 Å². The molecule has 1 fully saturated rings. The van der Waals surface area contributed by atoms with Crippen LogP contribution in [-0.4, -0.2) is 27.2 Å². The van der Waals surface area contributed by atoms with Crippen molar-refractivity contribution in [2.75, 3.05) is 6.61 Å². The highest BCUT2D eigenvalue weighted by Crippen LogP contribution is 2.27. The van der Waals surface area contributed by atoms with Crippen molar-refractivity contribution in [2.45, 2.75) is 58.8 Å². The maximum Gasteiger partial charge on any atom is 0.358 e. The molecule has 0 aromatic carbocycles. The van der Waals surface area contributed by atoms with E-state index in [0.29, 0.717) is 17.9 Å². The van der Waals surface area contributed by atoms with Crippen LogP contribution >= 0.6 is 0 Å². The fourth-order valence-electron chi connectivity index (χ4n) is 3.59. The van der Waals surface area contributed by atoms with Crippen LogP contribution in [0.15, 0.2) is 18.7 Å². The van der Waals surface area contributed by atoms with E-state index in [1.807, 2.05) is 6.92 Å². The Morgan fingerprint density at radius 2 is 2.08 bits per heavy atom. The minimum atomic E-state index is -0.413. The summed E-state index contributed by atoms with van der Waals surface area (Å²) in [5, 5.41) is 4.36. The van der Waals surface area contributed by atoms with Gasteiger partial charge in [-0.3, -0.25) is 0 Å². The third-order valence-electron chi connectivity index (χ3n) is 4.94. The van der Waals surface area contributed by atoms with Crippen LogP contribution < -0.4 is 0 Å². The topological polar surface area (TPSA) is 56.5 Å². The largest absolute Gasteiger partial charge is 0.461 e. The SMILES string of the molecule is C=C(C)c1cc(CCC2CCCCC2)nc2cc(C(=O)OCC)nn12. The lowest BCUT2D eigenvalue weighted by atomic mass is 9.86. The first kappa shape index (κ1) is 17.6. The van der Waals surface area contributed by atoms with Gasteiger partial charge in [-0.1, -0.05) is 38.7 Å². The Balaban J connectivity index is 1.86. The predicted molar refractivity (Wildman–Crippen MR) is 98.5 cm³/mol. The second-order valence-corrected chi connectivity index (χ2v) is 6.98. The highest BCUT2D eigenvalue weighted by molar-refractivity contribution is 5.88. The van der Waals surface area contributed by atoms with Crippen LogP contribution in [0.25, 0.3) is 11.2 Å². The first-order chi connectivity index (χ1) is 12.1. The van der Waals surface area contributed by atoms with Gasteiger partial charge in [-0.05, 0) is 44.2 Å². The Morgan fingerprint density at radius 3 is 2.76 bits per heavy atom. The number of aromatic nitrogens is 3. The zero-order valence-corrected chi connectivity index (χ0v) is 15.3. The van der Waals surface area contributed by atoms with E-state index in [2.05, 4.69) is 17.7 Å². The van der Waals surface area contributed by atoms with Crippen LogP contribution in [0.3, 0.4) is 0 Å². The standard InChI is InChI=1S/C20H27N3O2/c1-4-25-20(24)17-13-19-21-16(11-10-15-8-6-5-7-9-15)12-18(14(2)3)23(19)22-17/h12-13,15H,2,4-11H2,1,3H3. The molecule has 0 N–H and O–H groups in total. The van der Waals surface area contributed by atoms with Crippen molar-refractivity contribution < 1.29 is 9.53 Å². The molecule has 0 aliphatic heterocycles. The third kappa shape index (κ3) is 4.09. The van der Waals surface area contributed by atoms with Gasteiger partial charge in [0.15, 0.2) is 11.3 Å². The Bertz CT molecular complexity index is 773. The van der Waals surface area contributed by atoms with Crippen molar-refractivity contribution in [3.8, 4) is 0 Å². The van der Waals surface area contributed by atoms with Gasteiger partial charge in [-0.25, -0.2) is 14.3 Å². The number of hydrogen-bond donors (Lipinski definition) is 0. The van der Waals surface area contributed by atoms with Crippen molar-refractivity contribution in [1.29, 1.82) is 0 Å². The minimum Gasteiger partial charge on any atom is -0.461 e. The lowest BCUT2D eigenvalue weighted by Crippen LogP contribution is -2.09. The van der Waals surface area contributed by atoms with Gasteiger partial charge in [-0.15, -0.1) is 0 Å². The average molecular weight is 341 g/mol. The number of carbonyl (C=O) groups excluding carboxylic acids is 1. The summed E-state index contributed by atoms with van der Waals surface area (Å²) in [4.78, 5) is 16.7. The lowest BCUT2D eigenvalue weighted by Gasteiger charge is -2.21. The molecular weight excluding hydrogens is 314 g/mol. The number of carbonyl (C=O) groups is 1. The normalized spacial score (nSPS) is 15.4. The molecule has 0 unspecified atom stereocenters. The summed E-state index contributed by atoms with van der Waals surface area (Å²) in [6.45, 7) is 8.12. The molecule has 5 nitrogen and oxygen atoms in total. The molecule has 0 bridgehead atoms. The van der Waals surface area contributed by atoms with Gasteiger partial charge >= 0.3 is 5.97 Å². The molecule has 2 heterocycles. The summed E-state index contributed by atoms with van der Waals surface area (Å²) in [7, 11) is 0. The van der Waals surface area contributed by atoms with E-state index in [4.69, 9.17) is 9.72 Å². The number of nitrogens with zero attached hydrogens (tertiary/aromatic N) is 3. The molecule has 1 aliphatic rings. The summed E-state index contributed by atoms with van der Waals surface area (Å²) in [6, 6.07) is 3.76. The monoisotopic (exact) mass is 341 g/mol. The molecule has 134 valence electrons. The van der Waals surface area contributed by atoms with Crippen LogP contribution in [0.2, 0.25) is 0 Å². The summed E-state index contributed by atoms with van der Waals surface area (Å²) in [5.41, 5.74) is 3.83. The fraction of sp³-hybridized carbons (Fsp3) is 0.550. The van der Waals surface area contributed by atoms with Gasteiger partial charge < -0.3 is 4.74 Å². The number of ether oxygens (including phenoxy) is 1. The maximum absolute atomic E-state index is 12.0. The first-order valence-electron chi connectivity index (χ1n) is 9.31. The average Bonchev–Trinajstić information content (AvgIpc) is 3.04. The maximum atomic E-state index is 12.0. The Kier molecular flexibility index (Phi) is 5.51. The molecule has 0 saturated heterocycles. The Labute approximate surface area is 149 Å². The van der Waals surface area contributed by atoms with Crippen LogP contribution in [0.4, 0.5) is 0 Å². The van der Waals surface area contributed by atoms with Gasteiger partial charge in [0.25, 0.3) is 0 Å². The van der Waals surface area contributed by atoms with Gasteiger partial charge in [0.1, 0.15) is 0 Å². The number of aryl methyl sites for hydroxylation is 1. The van der Waals surface area contributed by atoms with E-state index in [1.54, 1.807) is 17.5 Å². The molecular formula is C20H27N3O2. The molecule has 1 saturated carbocycles. The van der Waals surface area contributed by atoms with Crippen molar-refractivity contribution in [3.05, 3.63) is 35.8 Å². The molecule has 0 radical (unpaired) electrons. The highest BCUT2D eigenvalue weighted by Gasteiger charge is 2.17. The van der Waals surface area contributed by atoms with Crippen molar-refractivity contribution in [2.24, 2.45) is 5.92 Å².